The molecule has 6 nitrogen and oxygen atoms in total. The van der Waals surface area contributed by atoms with E-state index in [0.717, 1.165) is 16.6 Å². The molecule has 2 heterocycles. The second-order valence-corrected chi connectivity index (χ2v) is 5.34. The Morgan fingerprint density at radius 1 is 1.33 bits per heavy atom. The van der Waals surface area contributed by atoms with Crippen molar-refractivity contribution in [3.8, 4) is 5.75 Å². The van der Waals surface area contributed by atoms with Gasteiger partial charge in [-0.1, -0.05) is 0 Å². The highest BCUT2D eigenvalue weighted by atomic mass is 16.4. The Balaban J connectivity index is 1.88. The second-order valence-electron chi connectivity index (χ2n) is 5.34. The third kappa shape index (κ3) is 2.56. The number of benzene rings is 1. The summed E-state index contributed by atoms with van der Waals surface area (Å²) >= 11 is 0. The van der Waals surface area contributed by atoms with E-state index in [1.165, 1.54) is 4.90 Å². The molecule has 3 rings (SSSR count). The Bertz CT molecular complexity index is 689. The zero-order chi connectivity index (χ0) is 15.0. The molecule has 6 heteroatoms. The lowest BCUT2D eigenvalue weighted by atomic mass is 10.1. The highest BCUT2D eigenvalue weighted by molar-refractivity contribution is 5.83. The Morgan fingerprint density at radius 2 is 2.14 bits per heavy atom. The number of fused-ring (bicyclic) bond motifs is 1. The molecule has 1 saturated heterocycles. The molecule has 2 N–H and O–H groups in total. The molecule has 1 aromatic heterocycles. The van der Waals surface area contributed by atoms with Crippen LogP contribution in [-0.2, 0) is 0 Å². The molecule has 21 heavy (non-hydrogen) atoms. The van der Waals surface area contributed by atoms with Crippen molar-refractivity contribution in [1.29, 1.82) is 0 Å². The first-order valence-electron chi connectivity index (χ1n) is 6.88. The maximum Gasteiger partial charge on any atom is 0.407 e. The topological polar surface area (TPSA) is 76.9 Å². The zero-order valence-corrected chi connectivity index (χ0v) is 11.7. The van der Waals surface area contributed by atoms with Crippen molar-refractivity contribution < 1.29 is 15.0 Å². The molecule has 110 valence electrons. The van der Waals surface area contributed by atoms with Gasteiger partial charge in [0.2, 0.25) is 0 Å². The fraction of sp³-hybridized carbons (Fsp3) is 0.333. The van der Waals surface area contributed by atoms with Gasteiger partial charge in [0.05, 0.1) is 17.4 Å². The number of phenolic OH excluding ortho intramolecular Hbond substituents is 1. The van der Waals surface area contributed by atoms with Crippen LogP contribution in [0.15, 0.2) is 30.5 Å². The van der Waals surface area contributed by atoms with E-state index in [-0.39, 0.29) is 11.8 Å². The lowest BCUT2D eigenvalue weighted by molar-refractivity contribution is 0.136. The van der Waals surface area contributed by atoms with Gasteiger partial charge in [-0.15, -0.1) is 0 Å². The number of pyridine rings is 1. The van der Waals surface area contributed by atoms with Gasteiger partial charge in [0, 0.05) is 31.1 Å². The van der Waals surface area contributed by atoms with Crippen molar-refractivity contribution in [3.05, 3.63) is 30.5 Å². The molecule has 1 amide bonds. The van der Waals surface area contributed by atoms with Crippen LogP contribution < -0.4 is 4.90 Å². The highest BCUT2D eigenvalue weighted by Gasteiger charge is 2.26. The van der Waals surface area contributed by atoms with Crippen LogP contribution in [0.3, 0.4) is 0 Å². The summed E-state index contributed by atoms with van der Waals surface area (Å²) in [6, 6.07) is 7.15. The molecule has 1 unspecified atom stereocenters. The van der Waals surface area contributed by atoms with E-state index in [4.69, 9.17) is 5.11 Å². The molecule has 0 spiro atoms. The number of piperazine rings is 1. The first-order valence-corrected chi connectivity index (χ1v) is 6.88. The van der Waals surface area contributed by atoms with Crippen molar-refractivity contribution in [2.45, 2.75) is 13.0 Å². The molecule has 2 aromatic rings. The predicted octanol–water partition coefficient (Wildman–Crippen LogP) is 2.13. The van der Waals surface area contributed by atoms with Gasteiger partial charge in [0.1, 0.15) is 5.75 Å². The second kappa shape index (κ2) is 5.12. The van der Waals surface area contributed by atoms with Crippen LogP contribution in [0.1, 0.15) is 6.92 Å². The van der Waals surface area contributed by atoms with Gasteiger partial charge >= 0.3 is 6.09 Å². The van der Waals surface area contributed by atoms with Crippen LogP contribution in [0.4, 0.5) is 10.5 Å². The van der Waals surface area contributed by atoms with E-state index in [9.17, 15) is 9.90 Å². The van der Waals surface area contributed by atoms with Crippen molar-refractivity contribution in [2.75, 3.05) is 24.5 Å². The van der Waals surface area contributed by atoms with Gasteiger partial charge in [0.15, 0.2) is 0 Å². The Hall–Kier alpha value is -2.50. The van der Waals surface area contributed by atoms with Gasteiger partial charge in [-0.2, -0.15) is 0 Å². The molecule has 1 aliphatic heterocycles. The molecule has 0 aliphatic carbocycles. The summed E-state index contributed by atoms with van der Waals surface area (Å²) in [5.74, 6) is 0.213. The fourth-order valence-electron chi connectivity index (χ4n) is 2.78. The van der Waals surface area contributed by atoms with E-state index >= 15 is 0 Å². The standard InChI is InChI=1S/C15H17N3O3/c1-10-9-17(15(20)21)4-5-18(10)12-6-11-7-13(19)2-3-14(11)16-8-12/h2-3,6-8,10,19H,4-5,9H2,1H3,(H,20,21). The van der Waals surface area contributed by atoms with Crippen LogP contribution >= 0.6 is 0 Å². The van der Waals surface area contributed by atoms with Crippen molar-refractivity contribution in [1.82, 2.24) is 9.88 Å². The number of carbonyl (C=O) groups is 1. The number of carboxylic acid groups (broad SMARTS) is 1. The number of aromatic hydroxyl groups is 1. The van der Waals surface area contributed by atoms with Crippen LogP contribution in [-0.4, -0.2) is 51.9 Å². The van der Waals surface area contributed by atoms with Crippen molar-refractivity contribution in [3.63, 3.8) is 0 Å². The van der Waals surface area contributed by atoms with Crippen molar-refractivity contribution in [2.24, 2.45) is 0 Å². The third-order valence-electron chi connectivity index (χ3n) is 3.88. The molecule has 1 aromatic carbocycles. The van der Waals surface area contributed by atoms with Crippen LogP contribution in [0.2, 0.25) is 0 Å². The molecule has 0 bridgehead atoms. The predicted molar refractivity (Wildman–Crippen MR) is 79.8 cm³/mol. The summed E-state index contributed by atoms with van der Waals surface area (Å²) in [6.45, 7) is 3.60. The Morgan fingerprint density at radius 3 is 2.86 bits per heavy atom. The summed E-state index contributed by atoms with van der Waals surface area (Å²) in [5.41, 5.74) is 1.78. The summed E-state index contributed by atoms with van der Waals surface area (Å²) in [4.78, 5) is 19.0. The van der Waals surface area contributed by atoms with Crippen molar-refractivity contribution >= 4 is 22.7 Å². The summed E-state index contributed by atoms with van der Waals surface area (Å²) < 4.78 is 0. The molecule has 0 saturated carbocycles. The monoisotopic (exact) mass is 287 g/mol. The summed E-state index contributed by atoms with van der Waals surface area (Å²) in [5, 5.41) is 19.5. The molecular weight excluding hydrogens is 270 g/mol. The van der Waals surface area contributed by atoms with Gasteiger partial charge in [-0.25, -0.2) is 4.79 Å². The van der Waals surface area contributed by atoms with E-state index in [1.807, 2.05) is 13.0 Å². The van der Waals surface area contributed by atoms with Crippen LogP contribution in [0, 0.1) is 0 Å². The number of aromatic nitrogens is 1. The highest BCUT2D eigenvalue weighted by Crippen LogP contribution is 2.25. The minimum Gasteiger partial charge on any atom is -0.508 e. The molecule has 0 radical (unpaired) electrons. The number of phenols is 1. The first-order chi connectivity index (χ1) is 10.0. The number of hydrogen-bond donors (Lipinski definition) is 2. The fourth-order valence-corrected chi connectivity index (χ4v) is 2.78. The van der Waals surface area contributed by atoms with Crippen LogP contribution in [0.25, 0.3) is 10.9 Å². The third-order valence-corrected chi connectivity index (χ3v) is 3.88. The molecule has 1 aliphatic rings. The maximum atomic E-state index is 11.0. The van der Waals surface area contributed by atoms with Gasteiger partial charge < -0.3 is 20.0 Å². The normalized spacial score (nSPS) is 19.0. The van der Waals surface area contributed by atoms with Crippen LogP contribution in [0.5, 0.6) is 5.75 Å². The Labute approximate surface area is 122 Å². The van der Waals surface area contributed by atoms with E-state index < -0.39 is 6.09 Å². The average molecular weight is 287 g/mol. The van der Waals surface area contributed by atoms with Gasteiger partial charge in [-0.05, 0) is 31.2 Å². The summed E-state index contributed by atoms with van der Waals surface area (Å²) in [6.07, 6.45) is 0.926. The number of hydrogen-bond acceptors (Lipinski definition) is 4. The number of anilines is 1. The quantitative estimate of drug-likeness (QED) is 0.840. The minimum atomic E-state index is -0.872. The largest absolute Gasteiger partial charge is 0.508 e. The zero-order valence-electron chi connectivity index (χ0n) is 11.7. The smallest absolute Gasteiger partial charge is 0.407 e. The van der Waals surface area contributed by atoms with E-state index in [1.54, 1.807) is 24.4 Å². The van der Waals surface area contributed by atoms with Gasteiger partial charge in [-0.3, -0.25) is 4.98 Å². The molecular formula is C15H17N3O3. The van der Waals surface area contributed by atoms with E-state index in [2.05, 4.69) is 9.88 Å². The minimum absolute atomic E-state index is 0.0893. The molecule has 1 fully saturated rings. The number of amides is 1. The van der Waals surface area contributed by atoms with E-state index in [0.29, 0.717) is 19.6 Å². The number of rotatable bonds is 1. The summed E-state index contributed by atoms with van der Waals surface area (Å²) in [7, 11) is 0. The number of nitrogens with zero attached hydrogens (tertiary/aromatic N) is 3. The Kier molecular flexibility index (Phi) is 3.29. The first kappa shape index (κ1) is 13.5. The lowest BCUT2D eigenvalue weighted by Gasteiger charge is -2.40. The SMILES string of the molecule is CC1CN(C(=O)O)CCN1c1cnc2ccc(O)cc2c1. The van der Waals surface area contributed by atoms with Gasteiger partial charge in [0.25, 0.3) is 0 Å². The molecule has 1 atom stereocenters. The lowest BCUT2D eigenvalue weighted by Crippen LogP contribution is -2.53. The average Bonchev–Trinajstić information content (AvgIpc) is 2.46. The maximum absolute atomic E-state index is 11.0.